The van der Waals surface area contributed by atoms with Crippen molar-refractivity contribution >= 4 is 11.7 Å². The lowest BCUT2D eigenvalue weighted by Crippen LogP contribution is -2.40. The van der Waals surface area contributed by atoms with Crippen molar-refractivity contribution in [3.8, 4) is 0 Å². The summed E-state index contributed by atoms with van der Waals surface area (Å²) in [5.74, 6) is -2.64. The number of urea groups is 1. The van der Waals surface area contributed by atoms with E-state index >= 15 is 0 Å². The SMILES string of the molecule is Cc1cc([C@@](C)(O)CNC(=O)Nc2cc(F)c(F)cc2F)c(C)o1. The molecule has 2 amide bonds. The third-order valence-electron chi connectivity index (χ3n) is 3.47. The van der Waals surface area contributed by atoms with Crippen molar-refractivity contribution in [2.24, 2.45) is 0 Å². The molecule has 0 aliphatic rings. The Kier molecular flexibility index (Phi) is 4.88. The molecule has 1 atom stereocenters. The lowest BCUT2D eigenvalue weighted by atomic mass is 9.96. The second kappa shape index (κ2) is 6.56. The van der Waals surface area contributed by atoms with Crippen LogP contribution in [0, 0.1) is 31.3 Å². The van der Waals surface area contributed by atoms with Crippen molar-refractivity contribution < 1.29 is 27.5 Å². The molecule has 0 radical (unpaired) electrons. The van der Waals surface area contributed by atoms with E-state index in [2.05, 4.69) is 10.6 Å². The van der Waals surface area contributed by atoms with E-state index in [1.807, 2.05) is 0 Å². The van der Waals surface area contributed by atoms with Crippen LogP contribution in [-0.4, -0.2) is 17.7 Å². The van der Waals surface area contributed by atoms with Gasteiger partial charge in [-0.15, -0.1) is 0 Å². The van der Waals surface area contributed by atoms with Gasteiger partial charge in [-0.25, -0.2) is 18.0 Å². The molecule has 130 valence electrons. The van der Waals surface area contributed by atoms with Crippen LogP contribution in [0.25, 0.3) is 0 Å². The molecule has 0 aliphatic heterocycles. The smallest absolute Gasteiger partial charge is 0.319 e. The molecule has 2 rings (SSSR count). The van der Waals surface area contributed by atoms with Gasteiger partial charge in [-0.05, 0) is 26.8 Å². The summed E-state index contributed by atoms with van der Waals surface area (Å²) in [4.78, 5) is 11.8. The van der Waals surface area contributed by atoms with Crippen LogP contribution >= 0.6 is 0 Å². The van der Waals surface area contributed by atoms with Gasteiger partial charge in [0, 0.05) is 17.7 Å². The number of nitrogens with one attached hydrogen (secondary N) is 2. The zero-order valence-electron chi connectivity index (χ0n) is 13.3. The number of aryl methyl sites for hydroxylation is 2. The molecule has 2 aromatic rings. The average molecular weight is 342 g/mol. The zero-order chi connectivity index (χ0) is 18.1. The lowest BCUT2D eigenvalue weighted by Gasteiger charge is -2.23. The minimum absolute atomic E-state index is 0.204. The highest BCUT2D eigenvalue weighted by atomic mass is 19.2. The van der Waals surface area contributed by atoms with Gasteiger partial charge in [0.25, 0.3) is 0 Å². The maximum atomic E-state index is 13.5. The van der Waals surface area contributed by atoms with Crippen molar-refractivity contribution in [2.75, 3.05) is 11.9 Å². The van der Waals surface area contributed by atoms with Gasteiger partial charge >= 0.3 is 6.03 Å². The summed E-state index contributed by atoms with van der Waals surface area (Å²) >= 11 is 0. The fraction of sp³-hybridized carbons (Fsp3) is 0.312. The molecule has 1 heterocycles. The van der Waals surface area contributed by atoms with Gasteiger partial charge in [-0.2, -0.15) is 0 Å². The first-order chi connectivity index (χ1) is 11.1. The molecule has 0 saturated carbocycles. The number of halogens is 3. The first-order valence-corrected chi connectivity index (χ1v) is 7.09. The van der Waals surface area contributed by atoms with Gasteiger partial charge in [0.1, 0.15) is 22.9 Å². The maximum absolute atomic E-state index is 13.5. The first kappa shape index (κ1) is 17.9. The third-order valence-corrected chi connectivity index (χ3v) is 3.47. The molecular formula is C16H17F3N2O3. The van der Waals surface area contributed by atoms with Gasteiger partial charge < -0.3 is 20.2 Å². The Balaban J connectivity index is 2.03. The van der Waals surface area contributed by atoms with Gasteiger partial charge in [0.15, 0.2) is 11.6 Å². The van der Waals surface area contributed by atoms with Gasteiger partial charge in [-0.3, -0.25) is 0 Å². The number of anilines is 1. The number of rotatable bonds is 4. The highest BCUT2D eigenvalue weighted by molar-refractivity contribution is 5.89. The number of aliphatic hydroxyl groups is 1. The van der Waals surface area contributed by atoms with E-state index in [1.54, 1.807) is 19.9 Å². The molecule has 0 aliphatic carbocycles. The summed E-state index contributed by atoms with van der Waals surface area (Å²) in [6, 6.07) is 1.63. The minimum atomic E-state index is -1.42. The molecule has 0 saturated heterocycles. The van der Waals surface area contributed by atoms with Gasteiger partial charge in [-0.1, -0.05) is 0 Å². The summed E-state index contributed by atoms with van der Waals surface area (Å²) in [7, 11) is 0. The Morgan fingerprint density at radius 1 is 1.17 bits per heavy atom. The summed E-state index contributed by atoms with van der Waals surface area (Å²) < 4.78 is 44.7. The number of carbonyl (C=O) groups excluding carboxylic acids is 1. The summed E-state index contributed by atoms with van der Waals surface area (Å²) in [6.07, 6.45) is 0. The molecule has 24 heavy (non-hydrogen) atoms. The van der Waals surface area contributed by atoms with E-state index in [1.165, 1.54) is 6.92 Å². The van der Waals surface area contributed by atoms with E-state index in [9.17, 15) is 23.1 Å². The number of furan rings is 1. The number of amides is 2. The Labute approximate surface area is 136 Å². The summed E-state index contributed by atoms with van der Waals surface area (Å²) in [5.41, 5.74) is -1.44. The fourth-order valence-electron chi connectivity index (χ4n) is 2.30. The molecule has 8 heteroatoms. The van der Waals surface area contributed by atoms with E-state index in [4.69, 9.17) is 4.42 Å². The van der Waals surface area contributed by atoms with Crippen LogP contribution in [0.15, 0.2) is 22.6 Å². The van der Waals surface area contributed by atoms with Crippen molar-refractivity contribution in [3.63, 3.8) is 0 Å². The molecule has 3 N–H and O–H groups in total. The second-order valence-corrected chi connectivity index (χ2v) is 5.65. The quantitative estimate of drug-likeness (QED) is 0.746. The van der Waals surface area contributed by atoms with Crippen LogP contribution in [0.3, 0.4) is 0 Å². The number of carbonyl (C=O) groups is 1. The molecule has 1 aromatic heterocycles. The van der Waals surface area contributed by atoms with Crippen molar-refractivity contribution in [3.05, 3.63) is 52.7 Å². The largest absolute Gasteiger partial charge is 0.466 e. The summed E-state index contributed by atoms with van der Waals surface area (Å²) in [5, 5.41) is 14.8. The molecular weight excluding hydrogens is 325 g/mol. The summed E-state index contributed by atoms with van der Waals surface area (Å²) in [6.45, 7) is 4.67. The zero-order valence-corrected chi connectivity index (χ0v) is 13.3. The average Bonchev–Trinajstić information content (AvgIpc) is 2.82. The Bertz CT molecular complexity index is 772. The topological polar surface area (TPSA) is 74.5 Å². The second-order valence-electron chi connectivity index (χ2n) is 5.65. The van der Waals surface area contributed by atoms with Crippen LogP contribution in [0.1, 0.15) is 24.0 Å². The number of benzene rings is 1. The minimum Gasteiger partial charge on any atom is -0.466 e. The predicted octanol–water partition coefficient (Wildman–Crippen LogP) is 3.34. The fourth-order valence-corrected chi connectivity index (χ4v) is 2.30. The van der Waals surface area contributed by atoms with Crippen LogP contribution in [0.2, 0.25) is 0 Å². The van der Waals surface area contributed by atoms with Gasteiger partial charge in [0.05, 0.1) is 12.2 Å². The molecule has 0 fully saturated rings. The Morgan fingerprint density at radius 3 is 2.38 bits per heavy atom. The molecule has 0 unspecified atom stereocenters. The van der Waals surface area contributed by atoms with Crippen LogP contribution in [0.5, 0.6) is 0 Å². The van der Waals surface area contributed by atoms with Crippen LogP contribution in [-0.2, 0) is 5.60 Å². The van der Waals surface area contributed by atoms with E-state index in [0.29, 0.717) is 29.2 Å². The van der Waals surface area contributed by atoms with Gasteiger partial charge in [0.2, 0.25) is 0 Å². The number of hydrogen-bond acceptors (Lipinski definition) is 3. The maximum Gasteiger partial charge on any atom is 0.319 e. The highest BCUT2D eigenvalue weighted by Crippen LogP contribution is 2.26. The van der Waals surface area contributed by atoms with E-state index in [0.717, 1.165) is 0 Å². The standard InChI is InChI=1S/C16H17F3N2O3/c1-8-4-10(9(2)24-8)16(3,23)7-20-15(22)21-14-6-12(18)11(17)5-13(14)19/h4-6,23H,7H2,1-3H3,(H2,20,21,22)/t16-/m0/s1. The van der Waals surface area contributed by atoms with Crippen LogP contribution in [0.4, 0.5) is 23.7 Å². The third kappa shape index (κ3) is 3.88. The molecule has 0 spiro atoms. The van der Waals surface area contributed by atoms with Crippen LogP contribution < -0.4 is 10.6 Å². The normalized spacial score (nSPS) is 13.5. The first-order valence-electron chi connectivity index (χ1n) is 7.09. The van der Waals surface area contributed by atoms with E-state index < -0.39 is 34.8 Å². The van der Waals surface area contributed by atoms with Crippen molar-refractivity contribution in [1.82, 2.24) is 5.32 Å². The molecule has 0 bridgehead atoms. The van der Waals surface area contributed by atoms with E-state index in [-0.39, 0.29) is 6.54 Å². The monoisotopic (exact) mass is 342 g/mol. The molecule has 1 aromatic carbocycles. The Morgan fingerprint density at radius 2 is 1.79 bits per heavy atom. The van der Waals surface area contributed by atoms with Crippen molar-refractivity contribution in [1.29, 1.82) is 0 Å². The highest BCUT2D eigenvalue weighted by Gasteiger charge is 2.28. The predicted molar refractivity (Wildman–Crippen MR) is 81.1 cm³/mol. The Hall–Kier alpha value is -2.48. The lowest BCUT2D eigenvalue weighted by molar-refractivity contribution is 0.0584. The van der Waals surface area contributed by atoms with Crippen molar-refractivity contribution in [2.45, 2.75) is 26.4 Å². The molecule has 5 nitrogen and oxygen atoms in total. The number of hydrogen-bond donors (Lipinski definition) is 3.